The zero-order valence-corrected chi connectivity index (χ0v) is 13.6. The maximum atomic E-state index is 11.1. The smallest absolute Gasteiger partial charge is 0.0886 e. The van der Waals surface area contributed by atoms with E-state index in [1.807, 2.05) is 6.07 Å². The lowest BCUT2D eigenvalue weighted by Crippen LogP contribution is -2.32. The van der Waals surface area contributed by atoms with Crippen LogP contribution in [-0.4, -0.2) is 5.11 Å². The van der Waals surface area contributed by atoms with Crippen LogP contribution in [0.5, 0.6) is 0 Å². The van der Waals surface area contributed by atoms with Gasteiger partial charge in [-0.2, -0.15) is 0 Å². The van der Waals surface area contributed by atoms with Crippen molar-refractivity contribution in [2.45, 2.75) is 52.1 Å². The Balaban J connectivity index is 2.49. The van der Waals surface area contributed by atoms with Crippen molar-refractivity contribution in [2.24, 2.45) is 0 Å². The topological polar surface area (TPSA) is 20.2 Å². The second-order valence-corrected chi connectivity index (χ2v) is 5.98. The molecule has 0 amide bonds. The van der Waals surface area contributed by atoms with Crippen molar-refractivity contribution in [3.05, 3.63) is 70.8 Å². The number of rotatable bonds is 5. The average molecular weight is 282 g/mol. The predicted octanol–water partition coefficient (Wildman–Crippen LogP) is 5.09. The summed E-state index contributed by atoms with van der Waals surface area (Å²) in [5.74, 6) is 0. The molecule has 1 atom stereocenters. The van der Waals surface area contributed by atoms with E-state index in [0.717, 1.165) is 18.4 Å². The summed E-state index contributed by atoms with van der Waals surface area (Å²) in [6.45, 7) is 8.55. The van der Waals surface area contributed by atoms with E-state index in [9.17, 15) is 5.11 Å². The summed E-state index contributed by atoms with van der Waals surface area (Å²) in [6, 6.07) is 16.7. The highest BCUT2D eigenvalue weighted by atomic mass is 16.3. The van der Waals surface area contributed by atoms with Crippen molar-refractivity contribution in [1.82, 2.24) is 0 Å². The number of aliphatic hydroxyl groups is 1. The molecule has 1 unspecified atom stereocenters. The van der Waals surface area contributed by atoms with Gasteiger partial charge in [0.25, 0.3) is 0 Å². The van der Waals surface area contributed by atoms with Gasteiger partial charge < -0.3 is 5.11 Å². The van der Waals surface area contributed by atoms with E-state index in [4.69, 9.17) is 0 Å². The van der Waals surface area contributed by atoms with E-state index in [1.165, 1.54) is 16.7 Å². The Bertz CT molecular complexity index is 582. The maximum absolute atomic E-state index is 11.1. The van der Waals surface area contributed by atoms with Gasteiger partial charge in [0.15, 0.2) is 0 Å². The molecule has 1 heteroatoms. The van der Waals surface area contributed by atoms with Crippen molar-refractivity contribution in [2.75, 3.05) is 0 Å². The normalized spacial score (nSPS) is 13.2. The van der Waals surface area contributed by atoms with Gasteiger partial charge >= 0.3 is 0 Å². The van der Waals surface area contributed by atoms with Crippen LogP contribution in [-0.2, 0) is 5.41 Å². The summed E-state index contributed by atoms with van der Waals surface area (Å²) in [5, 5.41) is 11.1. The predicted molar refractivity (Wildman–Crippen MR) is 89.6 cm³/mol. The Kier molecular flexibility index (Phi) is 4.84. The molecule has 1 nitrogen and oxygen atoms in total. The van der Waals surface area contributed by atoms with Crippen LogP contribution >= 0.6 is 0 Å². The molecule has 2 rings (SSSR count). The summed E-state index contributed by atoms with van der Waals surface area (Å²) in [7, 11) is 0. The Hall–Kier alpha value is -1.60. The molecule has 0 aromatic heterocycles. The van der Waals surface area contributed by atoms with Crippen LogP contribution in [0, 0.1) is 13.8 Å². The molecular weight excluding hydrogens is 256 g/mol. The van der Waals surface area contributed by atoms with E-state index < -0.39 is 6.10 Å². The molecule has 1 N–H and O–H groups in total. The largest absolute Gasteiger partial charge is 0.387 e. The summed E-state index contributed by atoms with van der Waals surface area (Å²) in [5.41, 5.74) is 4.53. The lowest BCUT2D eigenvalue weighted by Gasteiger charge is -2.37. The van der Waals surface area contributed by atoms with Crippen LogP contribution < -0.4 is 0 Å². The van der Waals surface area contributed by atoms with E-state index in [-0.39, 0.29) is 5.41 Å². The van der Waals surface area contributed by atoms with Gasteiger partial charge in [-0.3, -0.25) is 0 Å². The quantitative estimate of drug-likeness (QED) is 0.809. The minimum atomic E-state index is -0.478. The van der Waals surface area contributed by atoms with Crippen LogP contribution in [0.2, 0.25) is 0 Å². The van der Waals surface area contributed by atoms with Gasteiger partial charge in [-0.1, -0.05) is 62.4 Å². The molecule has 112 valence electrons. The van der Waals surface area contributed by atoms with E-state index in [1.54, 1.807) is 0 Å². The van der Waals surface area contributed by atoms with Gasteiger partial charge in [0.1, 0.15) is 0 Å². The van der Waals surface area contributed by atoms with E-state index in [0.29, 0.717) is 0 Å². The molecule has 0 saturated carbocycles. The van der Waals surface area contributed by atoms with Crippen LogP contribution in [0.1, 0.15) is 55.0 Å². The molecule has 0 bridgehead atoms. The molecule has 0 radical (unpaired) electrons. The lowest BCUT2D eigenvalue weighted by atomic mass is 9.69. The first-order valence-corrected chi connectivity index (χ1v) is 7.86. The van der Waals surface area contributed by atoms with Crippen molar-refractivity contribution in [3.8, 4) is 0 Å². The minimum absolute atomic E-state index is 0.219. The third-order valence-electron chi connectivity index (χ3n) is 4.98. The van der Waals surface area contributed by atoms with Crippen LogP contribution in [0.15, 0.2) is 48.5 Å². The minimum Gasteiger partial charge on any atom is -0.387 e. The summed E-state index contributed by atoms with van der Waals surface area (Å²) >= 11 is 0. The number of hydrogen-bond acceptors (Lipinski definition) is 1. The zero-order valence-electron chi connectivity index (χ0n) is 13.6. The molecular formula is C20H26O. The van der Waals surface area contributed by atoms with Gasteiger partial charge in [-0.15, -0.1) is 0 Å². The lowest BCUT2D eigenvalue weighted by molar-refractivity contribution is 0.0727. The molecule has 21 heavy (non-hydrogen) atoms. The standard InChI is InChI=1S/C20H26O/c1-5-20(6-2,18-10-8-7-9-11-18)19(21)17-13-12-15(3)16(4)14-17/h7-14,19,21H,5-6H2,1-4H3. The zero-order chi connectivity index (χ0) is 15.5. The van der Waals surface area contributed by atoms with Crippen LogP contribution in [0.3, 0.4) is 0 Å². The van der Waals surface area contributed by atoms with Crippen LogP contribution in [0.25, 0.3) is 0 Å². The van der Waals surface area contributed by atoms with Gasteiger partial charge in [0, 0.05) is 5.41 Å². The third kappa shape index (κ3) is 2.89. The molecule has 0 saturated heterocycles. The Morgan fingerprint density at radius 1 is 0.905 bits per heavy atom. The van der Waals surface area contributed by atoms with Gasteiger partial charge in [-0.05, 0) is 48.9 Å². The third-order valence-corrected chi connectivity index (χ3v) is 4.98. The number of hydrogen-bond donors (Lipinski definition) is 1. The van der Waals surface area contributed by atoms with E-state index in [2.05, 4.69) is 70.2 Å². The highest BCUT2D eigenvalue weighted by Crippen LogP contribution is 2.43. The molecule has 0 aliphatic carbocycles. The van der Waals surface area contributed by atoms with Crippen molar-refractivity contribution in [3.63, 3.8) is 0 Å². The van der Waals surface area contributed by atoms with Crippen LogP contribution in [0.4, 0.5) is 0 Å². The van der Waals surface area contributed by atoms with Gasteiger partial charge in [-0.25, -0.2) is 0 Å². The Morgan fingerprint density at radius 3 is 2.05 bits per heavy atom. The van der Waals surface area contributed by atoms with Crippen molar-refractivity contribution in [1.29, 1.82) is 0 Å². The first kappa shape index (κ1) is 15.8. The molecule has 2 aromatic rings. The number of aryl methyl sites for hydroxylation is 2. The second kappa shape index (κ2) is 6.44. The van der Waals surface area contributed by atoms with Crippen molar-refractivity contribution >= 4 is 0 Å². The summed E-state index contributed by atoms with van der Waals surface area (Å²) < 4.78 is 0. The SMILES string of the molecule is CCC(CC)(c1ccccc1)C(O)c1ccc(C)c(C)c1. The fourth-order valence-electron chi connectivity index (χ4n) is 3.23. The Labute approximate surface area is 128 Å². The van der Waals surface area contributed by atoms with Gasteiger partial charge in [0.2, 0.25) is 0 Å². The highest BCUT2D eigenvalue weighted by Gasteiger charge is 2.37. The van der Waals surface area contributed by atoms with Crippen molar-refractivity contribution < 1.29 is 5.11 Å². The summed E-state index contributed by atoms with van der Waals surface area (Å²) in [6.07, 6.45) is 1.36. The molecule has 0 fully saturated rings. The Morgan fingerprint density at radius 2 is 1.52 bits per heavy atom. The first-order chi connectivity index (χ1) is 10.0. The van der Waals surface area contributed by atoms with Gasteiger partial charge in [0.05, 0.1) is 6.10 Å². The molecule has 2 aromatic carbocycles. The first-order valence-electron chi connectivity index (χ1n) is 7.86. The molecule has 0 spiro atoms. The monoisotopic (exact) mass is 282 g/mol. The van der Waals surface area contributed by atoms with E-state index >= 15 is 0 Å². The fourth-order valence-corrected chi connectivity index (χ4v) is 3.23. The average Bonchev–Trinajstić information content (AvgIpc) is 2.52. The highest BCUT2D eigenvalue weighted by molar-refractivity contribution is 5.36. The second-order valence-electron chi connectivity index (χ2n) is 5.98. The molecule has 0 aliphatic rings. The summed E-state index contributed by atoms with van der Waals surface area (Å²) in [4.78, 5) is 0. The number of benzene rings is 2. The fraction of sp³-hybridized carbons (Fsp3) is 0.400. The molecule has 0 heterocycles. The number of aliphatic hydroxyl groups excluding tert-OH is 1. The molecule has 0 aliphatic heterocycles. The maximum Gasteiger partial charge on any atom is 0.0886 e.